The van der Waals surface area contributed by atoms with Crippen molar-refractivity contribution in [1.82, 2.24) is 19.9 Å². The molecule has 0 saturated heterocycles. The van der Waals surface area contributed by atoms with Crippen LogP contribution >= 0.6 is 0 Å². The van der Waals surface area contributed by atoms with Gasteiger partial charge >= 0.3 is 0 Å². The van der Waals surface area contributed by atoms with Gasteiger partial charge in [-0.2, -0.15) is 0 Å². The molecule has 0 atom stereocenters. The maximum atomic E-state index is 4.62. The van der Waals surface area contributed by atoms with Gasteiger partial charge in [0.05, 0.1) is 22.8 Å². The lowest BCUT2D eigenvalue weighted by Gasteiger charge is -1.86. The number of hydrogen-bond acceptors (Lipinski definition) is 2. The van der Waals surface area contributed by atoms with Crippen LogP contribution in [0, 0.1) is 0 Å². The van der Waals surface area contributed by atoms with Crippen molar-refractivity contribution in [3.63, 3.8) is 0 Å². The lowest BCUT2D eigenvalue weighted by Crippen LogP contribution is -1.77. The zero-order chi connectivity index (χ0) is 15.9. The molecule has 0 unspecified atom stereocenters. The highest BCUT2D eigenvalue weighted by Gasteiger charge is 2.02. The van der Waals surface area contributed by atoms with Crippen LogP contribution in [0.3, 0.4) is 0 Å². The van der Waals surface area contributed by atoms with Crippen LogP contribution in [0.5, 0.6) is 0 Å². The summed E-state index contributed by atoms with van der Waals surface area (Å²) in [5.74, 6) is 0. The Morgan fingerprint density at radius 3 is 1.23 bits per heavy atom. The zero-order valence-corrected chi connectivity index (χ0v) is 12.8. The topological polar surface area (TPSA) is 57.4 Å². The first kappa shape index (κ1) is 17.4. The van der Waals surface area contributed by atoms with Crippen molar-refractivity contribution in [2.24, 2.45) is 0 Å². The van der Waals surface area contributed by atoms with E-state index in [2.05, 4.69) is 50.3 Å². The summed E-state index contributed by atoms with van der Waals surface area (Å²) in [6.07, 6.45) is 8.05. The maximum absolute atomic E-state index is 4.62. The van der Waals surface area contributed by atoms with E-state index in [4.69, 9.17) is 0 Å². The van der Waals surface area contributed by atoms with Crippen LogP contribution < -0.4 is 0 Å². The Bertz CT molecular complexity index is 1070. The van der Waals surface area contributed by atoms with Crippen LogP contribution in [0.2, 0.25) is 0 Å². The van der Waals surface area contributed by atoms with E-state index in [1.165, 1.54) is 0 Å². The van der Waals surface area contributed by atoms with Gasteiger partial charge in [0.15, 0.2) is 0 Å². The van der Waals surface area contributed by atoms with Crippen molar-refractivity contribution in [2.45, 2.75) is 14.9 Å². The van der Waals surface area contributed by atoms with Gasteiger partial charge in [-0.1, -0.05) is 14.9 Å². The molecule has 2 aliphatic rings. The molecule has 130 valence electrons. The predicted octanol–water partition coefficient (Wildman–Crippen LogP) is 5.93. The summed E-state index contributed by atoms with van der Waals surface area (Å²) in [5, 5.41) is 0. The maximum Gasteiger partial charge on any atom is 0.0659 e. The molecule has 2 aliphatic heterocycles. The number of nitrogens with zero attached hydrogens (tertiary/aromatic N) is 2. The summed E-state index contributed by atoms with van der Waals surface area (Å²) in [4.78, 5) is 16.0. The minimum Gasteiger partial charge on any atom is -0.355 e. The number of hydrogen-bond donors (Lipinski definition) is 2. The summed E-state index contributed by atoms with van der Waals surface area (Å²) < 4.78 is 0. The number of nitrogens with one attached hydrogen (secondary N) is 2. The molecule has 0 saturated carbocycles. The Morgan fingerprint density at radius 2 is 0.808 bits per heavy atom. The van der Waals surface area contributed by atoms with E-state index >= 15 is 0 Å². The van der Waals surface area contributed by atoms with Crippen molar-refractivity contribution in [2.75, 3.05) is 0 Å². The average Bonchev–Trinajstić information content (AvgIpc) is 3.32. The van der Waals surface area contributed by atoms with Crippen LogP contribution in [0.15, 0.2) is 48.5 Å². The Labute approximate surface area is 153 Å². The third-order valence-corrected chi connectivity index (χ3v) is 4.04. The first-order chi connectivity index (χ1) is 11.8. The second-order valence-electron chi connectivity index (χ2n) is 5.91. The zero-order valence-electron chi connectivity index (χ0n) is 12.8. The van der Waals surface area contributed by atoms with E-state index in [1.807, 2.05) is 42.5 Å². The Hall–Kier alpha value is -3.40. The number of H-pyrrole nitrogens is 2. The van der Waals surface area contributed by atoms with E-state index < -0.39 is 0 Å². The molecule has 26 heavy (non-hydrogen) atoms. The van der Waals surface area contributed by atoms with E-state index in [0.717, 1.165) is 44.8 Å². The third kappa shape index (κ3) is 3.35. The molecular formula is C22H22N4. The van der Waals surface area contributed by atoms with Crippen LogP contribution in [0.1, 0.15) is 37.6 Å². The second kappa shape index (κ2) is 6.84. The summed E-state index contributed by atoms with van der Waals surface area (Å²) in [7, 11) is 0. The molecule has 0 amide bonds. The highest BCUT2D eigenvalue weighted by atomic mass is 14.8. The van der Waals surface area contributed by atoms with Gasteiger partial charge in [0, 0.05) is 22.1 Å². The van der Waals surface area contributed by atoms with Gasteiger partial charge in [-0.3, -0.25) is 0 Å². The van der Waals surface area contributed by atoms with Crippen molar-refractivity contribution in [3.8, 4) is 0 Å². The van der Waals surface area contributed by atoms with E-state index in [1.54, 1.807) is 0 Å². The van der Waals surface area contributed by atoms with Crippen LogP contribution in [0.25, 0.3) is 46.4 Å². The van der Waals surface area contributed by atoms with Crippen molar-refractivity contribution >= 4 is 46.4 Å². The molecule has 0 radical (unpaired) electrons. The second-order valence-corrected chi connectivity index (χ2v) is 5.91. The molecule has 5 heterocycles. The normalized spacial score (nSPS) is 11.7. The fourth-order valence-electron chi connectivity index (χ4n) is 2.94. The highest BCUT2D eigenvalue weighted by Crippen LogP contribution is 2.17. The lowest BCUT2D eigenvalue weighted by molar-refractivity contribution is 1.28. The smallest absolute Gasteiger partial charge is 0.0659 e. The molecule has 5 rings (SSSR count). The highest BCUT2D eigenvalue weighted by molar-refractivity contribution is 5.77. The summed E-state index contributed by atoms with van der Waals surface area (Å²) >= 11 is 0. The summed E-state index contributed by atoms with van der Waals surface area (Å²) in [5.41, 5.74) is 7.86. The Morgan fingerprint density at radius 1 is 0.462 bits per heavy atom. The van der Waals surface area contributed by atoms with Gasteiger partial charge in [0.2, 0.25) is 0 Å². The van der Waals surface area contributed by atoms with Gasteiger partial charge in [-0.25, -0.2) is 9.97 Å². The van der Waals surface area contributed by atoms with Crippen LogP contribution in [0.4, 0.5) is 0 Å². The predicted molar refractivity (Wildman–Crippen MR) is 112 cm³/mol. The first-order valence-corrected chi connectivity index (χ1v) is 7.85. The first-order valence-electron chi connectivity index (χ1n) is 7.85. The number of fused-ring (bicyclic) bond motifs is 8. The number of aromatic nitrogens is 4. The van der Waals surface area contributed by atoms with Crippen LogP contribution in [-0.4, -0.2) is 19.9 Å². The summed E-state index contributed by atoms with van der Waals surface area (Å²) in [6.45, 7) is 0. The molecular weight excluding hydrogens is 320 g/mol. The van der Waals surface area contributed by atoms with Crippen LogP contribution in [-0.2, 0) is 0 Å². The third-order valence-electron chi connectivity index (χ3n) is 4.04. The largest absolute Gasteiger partial charge is 0.355 e. The molecule has 4 nitrogen and oxygen atoms in total. The Kier molecular flexibility index (Phi) is 4.59. The van der Waals surface area contributed by atoms with Gasteiger partial charge in [-0.15, -0.1) is 0 Å². The average molecular weight is 342 g/mol. The fourth-order valence-corrected chi connectivity index (χ4v) is 2.94. The Balaban J connectivity index is 0.000000980. The molecule has 0 aliphatic carbocycles. The van der Waals surface area contributed by atoms with E-state index in [9.17, 15) is 0 Å². The molecule has 0 spiro atoms. The van der Waals surface area contributed by atoms with Gasteiger partial charge in [0.1, 0.15) is 0 Å². The van der Waals surface area contributed by atoms with Crippen molar-refractivity contribution in [1.29, 1.82) is 0 Å². The molecule has 0 fully saturated rings. The van der Waals surface area contributed by atoms with E-state index in [0.29, 0.717) is 0 Å². The quantitative estimate of drug-likeness (QED) is 0.366. The molecule has 3 aromatic rings. The molecule has 4 heteroatoms. The van der Waals surface area contributed by atoms with Gasteiger partial charge in [-0.05, 0) is 72.8 Å². The number of rotatable bonds is 0. The summed E-state index contributed by atoms with van der Waals surface area (Å²) in [6, 6.07) is 16.4. The molecule has 3 aromatic heterocycles. The minimum absolute atomic E-state index is 0. The SMILES string of the molecule is C.C.C1=Cc2cc3ccc(cc4ccc(cc5nc(cc1n2)C=C5)[nH]4)[nH]3. The number of aromatic amines is 2. The van der Waals surface area contributed by atoms with Gasteiger partial charge < -0.3 is 9.97 Å². The van der Waals surface area contributed by atoms with Crippen molar-refractivity contribution < 1.29 is 0 Å². The molecule has 0 aromatic carbocycles. The van der Waals surface area contributed by atoms with E-state index in [-0.39, 0.29) is 14.9 Å². The fraction of sp³-hybridized carbons (Fsp3) is 0.0909. The lowest BCUT2D eigenvalue weighted by atomic mass is 10.3. The molecule has 8 bridgehead atoms. The van der Waals surface area contributed by atoms with Crippen molar-refractivity contribution in [3.05, 3.63) is 71.3 Å². The minimum atomic E-state index is 0. The standard InChI is InChI=1S/C20H14N4.2CH4/c1-2-14-10-16-5-6-18(23-16)12-20-8-7-19(24-20)11-17-4-3-15(22-17)9-13(1)21-14;;/h1-12,21-22H;2*1H4. The van der Waals surface area contributed by atoms with Gasteiger partial charge in [0.25, 0.3) is 0 Å². The monoisotopic (exact) mass is 342 g/mol. The molecule has 2 N–H and O–H groups in total.